The predicted octanol–water partition coefficient (Wildman–Crippen LogP) is 3.81. The first-order chi connectivity index (χ1) is 13.5. The zero-order valence-electron chi connectivity index (χ0n) is 16.7. The van der Waals surface area contributed by atoms with E-state index in [1.54, 1.807) is 0 Å². The fourth-order valence-electron chi connectivity index (χ4n) is 3.91. The third kappa shape index (κ3) is 2.67. The maximum absolute atomic E-state index is 13.1. The first kappa shape index (κ1) is 18.5. The van der Waals surface area contributed by atoms with E-state index in [9.17, 15) is 9.59 Å². The summed E-state index contributed by atoms with van der Waals surface area (Å²) in [6.07, 6.45) is 0. The van der Waals surface area contributed by atoms with Crippen molar-refractivity contribution >= 4 is 33.1 Å². The Morgan fingerprint density at radius 2 is 1.32 bits per heavy atom. The highest BCUT2D eigenvalue weighted by atomic mass is 16.4. The molecule has 4 aromatic rings. The lowest BCUT2D eigenvalue weighted by Crippen LogP contribution is -2.33. The first-order valence-electron chi connectivity index (χ1n) is 9.68. The highest BCUT2D eigenvalue weighted by Gasteiger charge is 2.23. The van der Waals surface area contributed by atoms with Crippen molar-refractivity contribution in [1.82, 2.24) is 9.47 Å². The molecule has 0 unspecified atom stereocenters. The van der Waals surface area contributed by atoms with E-state index in [1.807, 2.05) is 38.1 Å². The van der Waals surface area contributed by atoms with Crippen LogP contribution in [0.15, 0.2) is 42.7 Å². The Morgan fingerprint density at radius 3 is 1.75 bits per heavy atom. The van der Waals surface area contributed by atoms with Crippen LogP contribution in [0.25, 0.3) is 33.1 Å². The lowest BCUT2D eigenvalue weighted by atomic mass is 10.0. The third-order valence-electron chi connectivity index (χ3n) is 5.61. The highest BCUT2D eigenvalue weighted by Crippen LogP contribution is 2.32. The van der Waals surface area contributed by atoms with E-state index >= 15 is 0 Å². The largest absolute Gasteiger partial charge is 0.449 e. The van der Waals surface area contributed by atoms with Crippen molar-refractivity contribution in [3.63, 3.8) is 0 Å². The van der Waals surface area contributed by atoms with Gasteiger partial charge in [0.25, 0.3) is 11.1 Å². The molecule has 6 nitrogen and oxygen atoms in total. The van der Waals surface area contributed by atoms with Gasteiger partial charge in [0, 0.05) is 24.2 Å². The van der Waals surface area contributed by atoms with Crippen LogP contribution in [-0.4, -0.2) is 29.1 Å². The zero-order chi connectivity index (χ0) is 20.0. The predicted molar refractivity (Wildman–Crippen MR) is 111 cm³/mol. The molecule has 0 aliphatic carbocycles. The van der Waals surface area contributed by atoms with Gasteiger partial charge in [0.2, 0.25) is 0 Å². The van der Waals surface area contributed by atoms with Crippen LogP contribution in [0, 0.1) is 13.8 Å². The first-order valence-corrected chi connectivity index (χ1v) is 9.68. The molecule has 0 N–H and O–H groups in total. The van der Waals surface area contributed by atoms with Gasteiger partial charge < -0.3 is 13.7 Å². The quantitative estimate of drug-likeness (QED) is 0.493. The summed E-state index contributed by atoms with van der Waals surface area (Å²) in [4.78, 5) is 28.4. The molecule has 0 aliphatic heterocycles. The Bertz CT molecular complexity index is 1210. The second-order valence-electron chi connectivity index (χ2n) is 7.10. The molecule has 2 aromatic carbocycles. The minimum atomic E-state index is -0.252. The molecule has 2 aromatic heterocycles. The van der Waals surface area contributed by atoms with E-state index < -0.39 is 0 Å². The summed E-state index contributed by atoms with van der Waals surface area (Å²) in [5.74, 6) is 0. The van der Waals surface area contributed by atoms with Gasteiger partial charge in [-0.25, -0.2) is 0 Å². The SMILES string of the molecule is CCN(CC)CCn1c(=O)c2c(C)c3oc4ccccc4oc3c(C)c2c1=O. The normalized spacial score (nSPS) is 12.0. The van der Waals surface area contributed by atoms with Gasteiger partial charge in [-0.2, -0.15) is 0 Å². The van der Waals surface area contributed by atoms with Gasteiger partial charge >= 0.3 is 0 Å². The average molecular weight is 380 g/mol. The monoisotopic (exact) mass is 380 g/mol. The molecule has 0 radical (unpaired) electrons. The van der Waals surface area contributed by atoms with Gasteiger partial charge in [-0.15, -0.1) is 0 Å². The smallest absolute Gasteiger partial charge is 0.262 e. The molecule has 0 spiro atoms. The third-order valence-corrected chi connectivity index (χ3v) is 5.61. The molecular formula is C22H24N2O4. The van der Waals surface area contributed by atoms with Crippen molar-refractivity contribution in [1.29, 1.82) is 0 Å². The summed E-state index contributed by atoms with van der Waals surface area (Å²) in [5, 5.41) is 0.868. The summed E-state index contributed by atoms with van der Waals surface area (Å²) < 4.78 is 13.5. The second kappa shape index (κ2) is 6.95. The summed E-state index contributed by atoms with van der Waals surface area (Å²) in [6.45, 7) is 10.6. The maximum atomic E-state index is 13.1. The minimum absolute atomic E-state index is 0.252. The number of fused-ring (bicyclic) bond motifs is 3. The number of likely N-dealkylation sites (N-methyl/N-ethyl adjacent to an activating group) is 1. The van der Waals surface area contributed by atoms with E-state index in [0.717, 1.165) is 13.1 Å². The molecular weight excluding hydrogens is 356 g/mol. The molecule has 0 saturated carbocycles. The molecule has 0 aliphatic rings. The van der Waals surface area contributed by atoms with Gasteiger partial charge in [0.15, 0.2) is 22.3 Å². The Kier molecular flexibility index (Phi) is 4.59. The Labute approximate surface area is 162 Å². The van der Waals surface area contributed by atoms with Crippen molar-refractivity contribution in [3.05, 3.63) is 56.1 Å². The van der Waals surface area contributed by atoms with Crippen molar-refractivity contribution in [2.45, 2.75) is 34.2 Å². The van der Waals surface area contributed by atoms with Crippen LogP contribution in [0.2, 0.25) is 0 Å². The zero-order valence-corrected chi connectivity index (χ0v) is 16.7. The minimum Gasteiger partial charge on any atom is -0.449 e. The molecule has 0 saturated heterocycles. The molecule has 0 atom stereocenters. The van der Waals surface area contributed by atoms with E-state index in [1.165, 1.54) is 4.57 Å². The van der Waals surface area contributed by atoms with Gasteiger partial charge in [0.1, 0.15) is 0 Å². The highest BCUT2D eigenvalue weighted by molar-refractivity contribution is 6.01. The fourth-order valence-corrected chi connectivity index (χ4v) is 3.91. The summed E-state index contributed by atoms with van der Waals surface area (Å²) >= 11 is 0. The number of para-hydroxylation sites is 2. The number of rotatable bonds is 5. The molecule has 2 heterocycles. The Morgan fingerprint density at radius 1 is 0.857 bits per heavy atom. The molecule has 0 amide bonds. The number of aryl methyl sites for hydroxylation is 2. The number of hydrogen-bond donors (Lipinski definition) is 0. The van der Waals surface area contributed by atoms with Gasteiger partial charge in [-0.1, -0.05) is 26.0 Å². The Hall–Kier alpha value is -2.86. The van der Waals surface area contributed by atoms with E-state index in [2.05, 4.69) is 18.7 Å². The Balaban J connectivity index is 2.01. The molecule has 6 heteroatoms. The number of hydrogen-bond acceptors (Lipinski definition) is 5. The lowest BCUT2D eigenvalue weighted by molar-refractivity contribution is 0.288. The van der Waals surface area contributed by atoms with Crippen LogP contribution < -0.4 is 11.1 Å². The van der Waals surface area contributed by atoms with Crippen LogP contribution in [0.4, 0.5) is 0 Å². The van der Waals surface area contributed by atoms with Crippen LogP contribution >= 0.6 is 0 Å². The average Bonchev–Trinajstić information content (AvgIpc) is 2.96. The topological polar surface area (TPSA) is 68.6 Å². The number of aromatic nitrogens is 1. The van der Waals surface area contributed by atoms with E-state index in [0.29, 0.717) is 57.3 Å². The van der Waals surface area contributed by atoms with Crippen LogP contribution in [0.1, 0.15) is 25.0 Å². The van der Waals surface area contributed by atoms with Crippen LogP contribution in [0.5, 0.6) is 0 Å². The van der Waals surface area contributed by atoms with Crippen molar-refractivity contribution in [2.24, 2.45) is 0 Å². The maximum Gasteiger partial charge on any atom is 0.262 e. The summed E-state index contributed by atoms with van der Waals surface area (Å²) in [5.41, 5.74) is 3.03. The second-order valence-corrected chi connectivity index (χ2v) is 7.10. The van der Waals surface area contributed by atoms with Gasteiger partial charge in [-0.3, -0.25) is 14.2 Å². The van der Waals surface area contributed by atoms with Crippen molar-refractivity contribution < 1.29 is 8.83 Å². The van der Waals surface area contributed by atoms with Crippen molar-refractivity contribution in [2.75, 3.05) is 19.6 Å². The molecule has 4 rings (SSSR count). The fraction of sp³-hybridized carbons (Fsp3) is 0.364. The molecule has 28 heavy (non-hydrogen) atoms. The van der Waals surface area contributed by atoms with Crippen LogP contribution in [0.3, 0.4) is 0 Å². The lowest BCUT2D eigenvalue weighted by Gasteiger charge is -2.17. The van der Waals surface area contributed by atoms with Crippen molar-refractivity contribution in [3.8, 4) is 0 Å². The van der Waals surface area contributed by atoms with Gasteiger partial charge in [0.05, 0.1) is 10.8 Å². The van der Waals surface area contributed by atoms with Crippen LogP contribution in [-0.2, 0) is 6.54 Å². The molecule has 0 fully saturated rings. The molecule has 146 valence electrons. The summed E-state index contributed by atoms with van der Waals surface area (Å²) in [6, 6.07) is 7.38. The molecule has 0 bridgehead atoms. The van der Waals surface area contributed by atoms with E-state index in [4.69, 9.17) is 8.83 Å². The summed E-state index contributed by atoms with van der Waals surface area (Å²) in [7, 11) is 0. The number of benzene rings is 2. The standard InChI is InChI=1S/C22H24N2O4/c1-5-23(6-2)11-12-24-21(25)17-13(3)19-20(14(4)18(17)22(24)26)28-16-10-8-7-9-15(16)27-19/h7-10H,5-6,11-12H2,1-4H3. The number of nitrogens with zero attached hydrogens (tertiary/aromatic N) is 2. The van der Waals surface area contributed by atoms with Gasteiger partial charge in [-0.05, 0) is 39.1 Å². The van der Waals surface area contributed by atoms with E-state index in [-0.39, 0.29) is 11.1 Å².